The molecular formula is C30H33N3O6S. The average Bonchev–Trinajstić information content (AvgIpc) is 3.63. The number of carbonyl (C=O) groups is 2. The summed E-state index contributed by atoms with van der Waals surface area (Å²) in [6, 6.07) is 11.1. The normalized spacial score (nSPS) is 20.2. The van der Waals surface area contributed by atoms with Gasteiger partial charge in [-0.1, -0.05) is 38.3 Å². The highest BCUT2D eigenvalue weighted by Gasteiger charge is 2.55. The highest BCUT2D eigenvalue weighted by molar-refractivity contribution is 7.87. The number of carbonyl (C=O) groups excluding carboxylic acids is 1. The Bertz CT molecular complexity index is 1700. The van der Waals surface area contributed by atoms with Crippen LogP contribution in [0.2, 0.25) is 0 Å². The van der Waals surface area contributed by atoms with Gasteiger partial charge in [0.25, 0.3) is 5.91 Å². The lowest BCUT2D eigenvalue weighted by atomic mass is 9.81. The summed E-state index contributed by atoms with van der Waals surface area (Å²) in [5, 5.41) is 11.4. The minimum atomic E-state index is -3.99. The number of nitrogens with one attached hydrogen (secondary N) is 1. The van der Waals surface area contributed by atoms with Gasteiger partial charge in [-0.05, 0) is 65.8 Å². The molecule has 2 heterocycles. The van der Waals surface area contributed by atoms with Gasteiger partial charge in [0.2, 0.25) is 0 Å². The van der Waals surface area contributed by atoms with Crippen molar-refractivity contribution in [1.82, 2.24) is 13.6 Å². The monoisotopic (exact) mass is 563 g/mol. The number of nitrogens with zero attached hydrogens (tertiary/aromatic N) is 2. The highest BCUT2D eigenvalue weighted by Crippen LogP contribution is 2.59. The maximum Gasteiger partial charge on any atom is 0.319 e. The molecular weight excluding hydrogens is 530 g/mol. The fourth-order valence-corrected chi connectivity index (χ4v) is 7.28. The smallest absolute Gasteiger partial charge is 0.319 e. The van der Waals surface area contributed by atoms with Crippen LogP contribution in [0, 0.1) is 5.41 Å². The third-order valence-electron chi connectivity index (χ3n) is 8.81. The van der Waals surface area contributed by atoms with Crippen LogP contribution in [0.25, 0.3) is 27.7 Å². The van der Waals surface area contributed by atoms with Crippen LogP contribution in [0.5, 0.6) is 5.75 Å². The molecule has 1 amide bonds. The molecule has 1 unspecified atom stereocenters. The number of rotatable bonds is 7. The van der Waals surface area contributed by atoms with Crippen molar-refractivity contribution in [3.63, 3.8) is 0 Å². The SMILES string of the molecule is CCN(C)S(=O)(=O)NC(=O)c1ccc2c(C3CCCCC3)c3n(c2c1)CC1(C(=O)O)C=C1c1cc(OC)ccc1-3. The van der Waals surface area contributed by atoms with Crippen LogP contribution in [0.15, 0.2) is 42.5 Å². The van der Waals surface area contributed by atoms with Gasteiger partial charge in [-0.25, -0.2) is 4.72 Å². The first-order valence-electron chi connectivity index (χ1n) is 13.7. The molecule has 3 aliphatic rings. The van der Waals surface area contributed by atoms with Crippen LogP contribution in [-0.2, 0) is 21.5 Å². The molecule has 10 heteroatoms. The van der Waals surface area contributed by atoms with Crippen LogP contribution in [-0.4, -0.2) is 55.0 Å². The van der Waals surface area contributed by atoms with Crippen LogP contribution >= 0.6 is 0 Å². The molecule has 1 aromatic heterocycles. The van der Waals surface area contributed by atoms with Crippen LogP contribution in [0.3, 0.4) is 0 Å². The number of ether oxygens (including phenoxy) is 1. The number of fused-ring (bicyclic) bond motifs is 7. The summed E-state index contributed by atoms with van der Waals surface area (Å²) >= 11 is 0. The van der Waals surface area contributed by atoms with Crippen LogP contribution in [0.4, 0.5) is 0 Å². The van der Waals surface area contributed by atoms with Crippen molar-refractivity contribution in [3.8, 4) is 17.0 Å². The van der Waals surface area contributed by atoms with E-state index in [9.17, 15) is 23.1 Å². The summed E-state index contributed by atoms with van der Waals surface area (Å²) in [7, 11) is -0.987. The second-order valence-corrected chi connectivity index (χ2v) is 12.8. The van der Waals surface area contributed by atoms with Gasteiger partial charge in [0, 0.05) is 42.2 Å². The Kier molecular flexibility index (Phi) is 6.30. The molecule has 0 saturated heterocycles. The van der Waals surface area contributed by atoms with Gasteiger partial charge in [-0.15, -0.1) is 0 Å². The van der Waals surface area contributed by atoms with E-state index in [1.807, 2.05) is 28.8 Å². The molecule has 2 aromatic carbocycles. The number of methoxy groups -OCH3 is 1. The molecule has 1 aliphatic heterocycles. The van der Waals surface area contributed by atoms with E-state index in [-0.39, 0.29) is 18.7 Å². The zero-order chi connectivity index (χ0) is 28.4. The molecule has 210 valence electrons. The number of amides is 1. The number of aliphatic carboxylic acids is 1. The number of benzene rings is 2. The van der Waals surface area contributed by atoms with Crippen molar-refractivity contribution in [3.05, 3.63) is 59.2 Å². The van der Waals surface area contributed by atoms with E-state index in [0.29, 0.717) is 11.7 Å². The number of carboxylic acids is 1. The van der Waals surface area contributed by atoms with Gasteiger partial charge >= 0.3 is 16.2 Å². The van der Waals surface area contributed by atoms with E-state index in [4.69, 9.17) is 4.74 Å². The third kappa shape index (κ3) is 4.04. The average molecular weight is 564 g/mol. The predicted octanol–water partition coefficient (Wildman–Crippen LogP) is 4.77. The zero-order valence-corrected chi connectivity index (χ0v) is 23.7. The Hall–Kier alpha value is -3.63. The first-order chi connectivity index (χ1) is 19.1. The van der Waals surface area contributed by atoms with Gasteiger partial charge in [0.15, 0.2) is 0 Å². The molecule has 2 N–H and O–H groups in total. The molecule has 1 atom stereocenters. The Balaban J connectivity index is 1.58. The number of hydrogen-bond acceptors (Lipinski definition) is 5. The molecule has 0 radical (unpaired) electrons. The second kappa shape index (κ2) is 9.49. The van der Waals surface area contributed by atoms with Gasteiger partial charge in [-0.3, -0.25) is 9.59 Å². The predicted molar refractivity (Wildman–Crippen MR) is 152 cm³/mol. The Morgan fingerprint density at radius 1 is 1.12 bits per heavy atom. The van der Waals surface area contributed by atoms with E-state index in [0.717, 1.165) is 63.3 Å². The van der Waals surface area contributed by atoms with E-state index >= 15 is 0 Å². The number of aromatic nitrogens is 1. The second-order valence-electron chi connectivity index (χ2n) is 11.0. The standard InChI is InChI=1S/C30H33N3O6S/c1-4-32(2)40(37,38)31-28(34)19-10-12-22-25(14-19)33-17-30(29(35)36)16-24(30)23-15-20(39-3)11-13-21(23)27(33)26(22)18-8-6-5-7-9-18/h10-16,18H,4-9,17H2,1-3H3,(H,31,34)(H,35,36). The van der Waals surface area contributed by atoms with Crippen LogP contribution in [0.1, 0.15) is 66.4 Å². The van der Waals surface area contributed by atoms with Gasteiger partial charge in [0.1, 0.15) is 11.2 Å². The number of hydrogen-bond donors (Lipinski definition) is 2. The maximum atomic E-state index is 13.1. The Morgan fingerprint density at radius 3 is 2.55 bits per heavy atom. The van der Waals surface area contributed by atoms with Gasteiger partial charge in [0.05, 0.1) is 12.8 Å². The fraction of sp³-hybridized carbons (Fsp3) is 0.400. The van der Waals surface area contributed by atoms with Crippen molar-refractivity contribution in [2.24, 2.45) is 5.41 Å². The lowest BCUT2D eigenvalue weighted by Crippen LogP contribution is -2.41. The van der Waals surface area contributed by atoms with Crippen molar-refractivity contribution >= 4 is 38.6 Å². The summed E-state index contributed by atoms with van der Waals surface area (Å²) in [6.07, 6.45) is 7.31. The Morgan fingerprint density at radius 2 is 1.88 bits per heavy atom. The summed E-state index contributed by atoms with van der Waals surface area (Å²) in [5.41, 5.74) is 4.49. The van der Waals surface area contributed by atoms with Crippen molar-refractivity contribution in [2.45, 2.75) is 51.5 Å². The first kappa shape index (κ1) is 26.6. The van der Waals surface area contributed by atoms with Gasteiger partial charge in [-0.2, -0.15) is 12.7 Å². The fourth-order valence-electron chi connectivity index (χ4n) is 6.43. The van der Waals surface area contributed by atoms with Crippen molar-refractivity contribution < 1.29 is 27.9 Å². The number of carboxylic acid groups (broad SMARTS) is 1. The van der Waals surface area contributed by atoms with Gasteiger partial charge < -0.3 is 14.4 Å². The quantitative estimate of drug-likeness (QED) is 0.428. The molecule has 9 nitrogen and oxygen atoms in total. The summed E-state index contributed by atoms with van der Waals surface area (Å²) in [5.74, 6) is -0.696. The van der Waals surface area contributed by atoms with E-state index < -0.39 is 27.5 Å². The topological polar surface area (TPSA) is 118 Å². The van der Waals surface area contributed by atoms with E-state index in [2.05, 4.69) is 4.72 Å². The molecule has 2 aliphatic carbocycles. The summed E-state index contributed by atoms with van der Waals surface area (Å²) in [6.45, 7) is 2.09. The van der Waals surface area contributed by atoms with Crippen molar-refractivity contribution in [2.75, 3.05) is 20.7 Å². The van der Waals surface area contributed by atoms with E-state index in [1.54, 1.807) is 32.2 Å². The zero-order valence-electron chi connectivity index (χ0n) is 22.9. The molecule has 0 spiro atoms. The Labute approximate surface area is 233 Å². The minimum absolute atomic E-state index is 0.190. The molecule has 6 rings (SSSR count). The largest absolute Gasteiger partial charge is 0.497 e. The molecule has 1 saturated carbocycles. The van der Waals surface area contributed by atoms with E-state index in [1.165, 1.54) is 19.0 Å². The maximum absolute atomic E-state index is 13.1. The summed E-state index contributed by atoms with van der Waals surface area (Å²) < 4.78 is 35.9. The van der Waals surface area contributed by atoms with Crippen molar-refractivity contribution in [1.29, 1.82) is 0 Å². The van der Waals surface area contributed by atoms with Crippen LogP contribution < -0.4 is 9.46 Å². The lowest BCUT2D eigenvalue weighted by molar-refractivity contribution is -0.142. The first-order valence-corrected chi connectivity index (χ1v) is 15.2. The minimum Gasteiger partial charge on any atom is -0.497 e. The third-order valence-corrected chi connectivity index (χ3v) is 10.3. The summed E-state index contributed by atoms with van der Waals surface area (Å²) in [4.78, 5) is 25.8. The molecule has 1 fully saturated rings. The molecule has 0 bridgehead atoms. The molecule has 3 aromatic rings. The highest BCUT2D eigenvalue weighted by atomic mass is 32.2. The lowest BCUT2D eigenvalue weighted by Gasteiger charge is -2.24. The molecule has 40 heavy (non-hydrogen) atoms.